The van der Waals surface area contributed by atoms with Crippen LogP contribution in [0.25, 0.3) is 0 Å². The van der Waals surface area contributed by atoms with Crippen molar-refractivity contribution in [3.05, 3.63) is 4.88 Å². The summed E-state index contributed by atoms with van der Waals surface area (Å²) in [4.78, 5) is 16.6. The molecule has 0 unspecified atom stereocenters. The molecule has 1 saturated heterocycles. The highest BCUT2D eigenvalue weighted by Gasteiger charge is 2.27. The van der Waals surface area contributed by atoms with Crippen LogP contribution in [0.5, 0.6) is 0 Å². The molecular formula is C11H14N3OS3+. The number of anilines is 1. The van der Waals surface area contributed by atoms with Crippen molar-refractivity contribution in [2.75, 3.05) is 28.8 Å². The molecule has 0 aliphatic carbocycles. The predicted molar refractivity (Wildman–Crippen MR) is 78.4 cm³/mol. The van der Waals surface area contributed by atoms with E-state index in [1.54, 1.807) is 0 Å². The first-order valence-electron chi connectivity index (χ1n) is 5.62. The third-order valence-corrected chi connectivity index (χ3v) is 6.94. The average molecular weight is 300 g/mol. The molecule has 0 saturated carbocycles. The molecule has 0 radical (unpaired) electrons. The monoisotopic (exact) mass is 300 g/mol. The summed E-state index contributed by atoms with van der Waals surface area (Å²) in [6.45, 7) is 0. The maximum atomic E-state index is 11.9. The van der Waals surface area contributed by atoms with Crippen LogP contribution in [0, 0.1) is 11.3 Å². The Balaban J connectivity index is 1.97. The van der Waals surface area contributed by atoms with Gasteiger partial charge in [0.1, 0.15) is 22.5 Å². The fraction of sp³-hybridized carbons (Fsp3) is 0.545. The maximum absolute atomic E-state index is 11.9. The molecule has 1 N–H and O–H groups in total. The number of aromatic nitrogens is 1. The van der Waals surface area contributed by atoms with Crippen LogP contribution >= 0.6 is 23.1 Å². The van der Waals surface area contributed by atoms with Crippen molar-refractivity contribution in [3.63, 3.8) is 0 Å². The standard InChI is InChI=1S/C11H13N3OS3/c1-16-11-14-10(8(6-12)17-11)13-9(15)7-18-4-2-3-5-18/h2-5,7H2,1H3/p+1. The number of amides is 1. The topological polar surface area (TPSA) is 65.8 Å². The van der Waals surface area contributed by atoms with Gasteiger partial charge in [0, 0.05) is 0 Å². The zero-order chi connectivity index (χ0) is 13.0. The highest BCUT2D eigenvalue weighted by atomic mass is 32.2. The maximum Gasteiger partial charge on any atom is 0.275 e. The molecule has 0 aromatic carbocycles. The summed E-state index contributed by atoms with van der Waals surface area (Å²) in [5, 5.41) is 11.8. The first-order valence-corrected chi connectivity index (χ1v) is 9.39. The quantitative estimate of drug-likeness (QED) is 0.683. The summed E-state index contributed by atoms with van der Waals surface area (Å²) < 4.78 is 0.810. The van der Waals surface area contributed by atoms with Gasteiger partial charge in [0.15, 0.2) is 15.9 Å². The number of hydrogen-bond acceptors (Lipinski definition) is 5. The molecule has 7 heteroatoms. The van der Waals surface area contributed by atoms with Crippen molar-refractivity contribution >= 4 is 45.7 Å². The van der Waals surface area contributed by atoms with Gasteiger partial charge in [-0.25, -0.2) is 4.98 Å². The van der Waals surface area contributed by atoms with Gasteiger partial charge in [0.25, 0.3) is 5.91 Å². The van der Waals surface area contributed by atoms with Crippen molar-refractivity contribution in [3.8, 4) is 6.07 Å². The van der Waals surface area contributed by atoms with Gasteiger partial charge in [-0.2, -0.15) is 5.26 Å². The molecule has 0 spiro atoms. The van der Waals surface area contributed by atoms with Gasteiger partial charge in [-0.3, -0.25) is 4.79 Å². The summed E-state index contributed by atoms with van der Waals surface area (Å²) in [5.41, 5.74) is 0. The molecule has 96 valence electrons. The third kappa shape index (κ3) is 3.40. The normalized spacial score (nSPS) is 15.6. The van der Waals surface area contributed by atoms with E-state index in [2.05, 4.69) is 16.4 Å². The molecule has 2 rings (SSSR count). The van der Waals surface area contributed by atoms with Gasteiger partial charge >= 0.3 is 0 Å². The fourth-order valence-corrected chi connectivity index (χ4v) is 5.24. The Bertz CT molecular complexity index is 474. The second-order valence-electron chi connectivity index (χ2n) is 3.89. The molecule has 1 amide bonds. The summed E-state index contributed by atoms with van der Waals surface area (Å²) in [6, 6.07) is 2.08. The van der Waals surface area contributed by atoms with Crippen LogP contribution in [0.4, 0.5) is 5.82 Å². The number of carbonyl (C=O) groups excluding carboxylic acids is 1. The second-order valence-corrected chi connectivity index (χ2v) is 8.28. The molecule has 1 aliphatic rings. The minimum absolute atomic E-state index is 0.00492. The number of thioether (sulfide) groups is 1. The van der Waals surface area contributed by atoms with E-state index < -0.39 is 0 Å². The Kier molecular flexibility index (Phi) is 4.92. The molecular weight excluding hydrogens is 286 g/mol. The number of thiazole rings is 1. The van der Waals surface area contributed by atoms with E-state index in [-0.39, 0.29) is 16.8 Å². The summed E-state index contributed by atoms with van der Waals surface area (Å²) >= 11 is 2.81. The molecule has 0 bridgehead atoms. The van der Waals surface area contributed by atoms with Crippen molar-refractivity contribution < 1.29 is 4.79 Å². The van der Waals surface area contributed by atoms with Gasteiger partial charge in [-0.15, -0.1) is 0 Å². The summed E-state index contributed by atoms with van der Waals surface area (Å²) in [7, 11) is 0.241. The zero-order valence-corrected chi connectivity index (χ0v) is 12.5. The molecule has 1 aliphatic heterocycles. The molecule has 1 aromatic heterocycles. The van der Waals surface area contributed by atoms with E-state index in [1.165, 1.54) is 47.4 Å². The zero-order valence-electron chi connectivity index (χ0n) is 10.1. The average Bonchev–Trinajstić information content (AvgIpc) is 2.98. The second kappa shape index (κ2) is 6.45. The highest BCUT2D eigenvalue weighted by molar-refractivity contribution is 8.00. The molecule has 0 atom stereocenters. The van der Waals surface area contributed by atoms with Crippen LogP contribution in [-0.4, -0.2) is 34.4 Å². The number of nitriles is 1. The Morgan fingerprint density at radius 1 is 1.61 bits per heavy atom. The molecule has 1 aromatic rings. The van der Waals surface area contributed by atoms with E-state index in [0.717, 1.165) is 4.34 Å². The van der Waals surface area contributed by atoms with E-state index >= 15 is 0 Å². The molecule has 18 heavy (non-hydrogen) atoms. The lowest BCUT2D eigenvalue weighted by atomic mass is 10.4. The summed E-state index contributed by atoms with van der Waals surface area (Å²) in [6.07, 6.45) is 4.39. The minimum atomic E-state index is -0.00492. The van der Waals surface area contributed by atoms with E-state index in [9.17, 15) is 4.79 Å². The lowest BCUT2D eigenvalue weighted by Gasteiger charge is -2.02. The predicted octanol–water partition coefficient (Wildman–Crippen LogP) is 2.09. The van der Waals surface area contributed by atoms with Crippen LogP contribution in [0.2, 0.25) is 0 Å². The highest BCUT2D eigenvalue weighted by Crippen LogP contribution is 2.28. The Labute approximate surface area is 118 Å². The first kappa shape index (κ1) is 13.7. The Morgan fingerprint density at radius 3 is 2.94 bits per heavy atom. The van der Waals surface area contributed by atoms with E-state index in [4.69, 9.17) is 5.26 Å². The number of rotatable bonds is 4. The van der Waals surface area contributed by atoms with Crippen LogP contribution in [0.15, 0.2) is 4.34 Å². The van der Waals surface area contributed by atoms with Crippen molar-refractivity contribution in [2.45, 2.75) is 17.2 Å². The summed E-state index contributed by atoms with van der Waals surface area (Å²) in [5.74, 6) is 3.35. The number of hydrogen-bond donors (Lipinski definition) is 1. The number of nitrogens with one attached hydrogen (secondary N) is 1. The number of nitrogens with zero attached hydrogens (tertiary/aromatic N) is 2. The van der Waals surface area contributed by atoms with Gasteiger partial charge in [-0.05, 0) is 30.0 Å². The lowest BCUT2D eigenvalue weighted by molar-refractivity contribution is -0.113. The van der Waals surface area contributed by atoms with Gasteiger partial charge in [0.05, 0.1) is 0 Å². The van der Waals surface area contributed by atoms with Crippen LogP contribution in [0.3, 0.4) is 0 Å². The largest absolute Gasteiger partial charge is 0.305 e. The Hall–Kier alpha value is -0.710. The van der Waals surface area contributed by atoms with E-state index in [0.29, 0.717) is 16.4 Å². The van der Waals surface area contributed by atoms with Crippen molar-refractivity contribution in [1.82, 2.24) is 4.98 Å². The van der Waals surface area contributed by atoms with Crippen molar-refractivity contribution in [2.24, 2.45) is 0 Å². The van der Waals surface area contributed by atoms with Gasteiger partial charge < -0.3 is 5.32 Å². The first-order chi connectivity index (χ1) is 8.72. The SMILES string of the molecule is CSc1nc(NC(=O)C[S+]2CCCC2)c(C#N)s1. The minimum Gasteiger partial charge on any atom is -0.305 e. The Morgan fingerprint density at radius 2 is 2.33 bits per heavy atom. The lowest BCUT2D eigenvalue weighted by Crippen LogP contribution is -2.24. The smallest absolute Gasteiger partial charge is 0.275 e. The number of carbonyl (C=O) groups is 1. The van der Waals surface area contributed by atoms with Gasteiger partial charge in [-0.1, -0.05) is 23.1 Å². The van der Waals surface area contributed by atoms with Crippen LogP contribution in [0.1, 0.15) is 17.7 Å². The van der Waals surface area contributed by atoms with Crippen molar-refractivity contribution in [1.29, 1.82) is 5.26 Å². The molecule has 2 heterocycles. The molecule has 1 fully saturated rings. The fourth-order valence-electron chi connectivity index (χ4n) is 1.76. The third-order valence-electron chi connectivity index (χ3n) is 2.59. The van der Waals surface area contributed by atoms with E-state index in [1.807, 2.05) is 6.26 Å². The van der Waals surface area contributed by atoms with Crippen LogP contribution in [-0.2, 0) is 15.7 Å². The van der Waals surface area contributed by atoms with Crippen LogP contribution < -0.4 is 5.32 Å². The molecule has 4 nitrogen and oxygen atoms in total. The van der Waals surface area contributed by atoms with Gasteiger partial charge in [0.2, 0.25) is 0 Å².